The number of likely N-dealkylation sites (tertiary alicyclic amines) is 2. The number of aliphatic hydroxyl groups is 1. The summed E-state index contributed by atoms with van der Waals surface area (Å²) in [6.07, 6.45) is 3.42. The van der Waals surface area contributed by atoms with E-state index in [0.717, 1.165) is 38.1 Å². The van der Waals surface area contributed by atoms with Crippen LogP contribution in [0.25, 0.3) is 0 Å². The first-order valence-corrected chi connectivity index (χ1v) is 8.69. The lowest BCUT2D eigenvalue weighted by Gasteiger charge is -2.41. The van der Waals surface area contributed by atoms with Gasteiger partial charge < -0.3 is 19.6 Å². The van der Waals surface area contributed by atoms with Gasteiger partial charge in [-0.2, -0.15) is 0 Å². The number of hydrogen-bond acceptors (Lipinski definition) is 4. The van der Waals surface area contributed by atoms with E-state index in [4.69, 9.17) is 4.74 Å². The van der Waals surface area contributed by atoms with Gasteiger partial charge in [0.15, 0.2) is 0 Å². The molecule has 0 spiro atoms. The summed E-state index contributed by atoms with van der Waals surface area (Å²) in [5.41, 5.74) is -1.62. The molecule has 2 aliphatic heterocycles. The number of amides is 1. The second-order valence-corrected chi connectivity index (χ2v) is 7.00. The molecule has 5 nitrogen and oxygen atoms in total. The molecule has 1 N–H and O–H groups in total. The molecular formula is C18H24F2N2O3. The van der Waals surface area contributed by atoms with Gasteiger partial charge >= 0.3 is 0 Å². The number of piperidine rings is 1. The Hall–Kier alpha value is -1.73. The molecular weight excluding hydrogens is 330 g/mol. The van der Waals surface area contributed by atoms with Crippen molar-refractivity contribution < 1.29 is 23.4 Å². The fourth-order valence-electron chi connectivity index (χ4n) is 3.80. The smallest absolute Gasteiger partial charge is 0.259 e. The number of hydrogen-bond donors (Lipinski definition) is 1. The van der Waals surface area contributed by atoms with Crippen molar-refractivity contribution in [3.05, 3.63) is 29.3 Å². The van der Waals surface area contributed by atoms with Crippen molar-refractivity contribution in [3.8, 4) is 5.75 Å². The van der Waals surface area contributed by atoms with Crippen molar-refractivity contribution in [3.63, 3.8) is 0 Å². The number of methoxy groups -OCH3 is 1. The third kappa shape index (κ3) is 3.93. The Balaban J connectivity index is 1.76. The molecule has 1 aromatic rings. The predicted octanol–water partition coefficient (Wildman–Crippen LogP) is 2.04. The Morgan fingerprint density at radius 1 is 1.20 bits per heavy atom. The molecule has 0 aliphatic carbocycles. The molecule has 1 atom stereocenters. The van der Waals surface area contributed by atoms with Gasteiger partial charge in [-0.1, -0.05) is 0 Å². The molecule has 3 rings (SSSR count). The van der Waals surface area contributed by atoms with E-state index in [-0.39, 0.29) is 12.3 Å². The molecule has 138 valence electrons. The zero-order valence-corrected chi connectivity index (χ0v) is 14.4. The maximum absolute atomic E-state index is 14.2. The molecule has 25 heavy (non-hydrogen) atoms. The minimum Gasteiger partial charge on any atom is -0.497 e. The number of rotatable bonds is 4. The highest BCUT2D eigenvalue weighted by atomic mass is 19.1. The highest BCUT2D eigenvalue weighted by molar-refractivity contribution is 5.95. The summed E-state index contributed by atoms with van der Waals surface area (Å²) in [7, 11) is 1.30. The fourth-order valence-corrected chi connectivity index (χ4v) is 3.80. The number of ether oxygens (including phenoxy) is 1. The maximum atomic E-state index is 14.2. The topological polar surface area (TPSA) is 53.0 Å². The molecule has 2 saturated heterocycles. The first-order valence-electron chi connectivity index (χ1n) is 8.69. The van der Waals surface area contributed by atoms with Crippen LogP contribution in [0.1, 0.15) is 36.0 Å². The first-order chi connectivity index (χ1) is 11.9. The third-order valence-electron chi connectivity index (χ3n) is 5.02. The van der Waals surface area contributed by atoms with E-state index in [1.54, 1.807) is 0 Å². The largest absolute Gasteiger partial charge is 0.497 e. The maximum Gasteiger partial charge on any atom is 0.259 e. The van der Waals surface area contributed by atoms with Gasteiger partial charge in [0.1, 0.15) is 22.9 Å². The Morgan fingerprint density at radius 3 is 2.44 bits per heavy atom. The Kier molecular flexibility index (Phi) is 5.24. The Labute approximate surface area is 146 Å². The monoisotopic (exact) mass is 354 g/mol. The van der Waals surface area contributed by atoms with Gasteiger partial charge in [-0.15, -0.1) is 0 Å². The minimum atomic E-state index is -1.03. The second-order valence-electron chi connectivity index (χ2n) is 7.00. The molecule has 2 aliphatic rings. The summed E-state index contributed by atoms with van der Waals surface area (Å²) in [6.45, 7) is 2.85. The lowest BCUT2D eigenvalue weighted by Crippen LogP contribution is -2.55. The Morgan fingerprint density at radius 2 is 1.84 bits per heavy atom. The summed E-state index contributed by atoms with van der Waals surface area (Å²) >= 11 is 0. The van der Waals surface area contributed by atoms with Crippen molar-refractivity contribution in [1.82, 2.24) is 9.80 Å². The first kappa shape index (κ1) is 18.1. The molecule has 1 amide bonds. The van der Waals surface area contributed by atoms with Crippen molar-refractivity contribution in [2.75, 3.05) is 39.8 Å². The summed E-state index contributed by atoms with van der Waals surface area (Å²) < 4.78 is 33.2. The molecule has 2 fully saturated rings. The zero-order valence-electron chi connectivity index (χ0n) is 14.4. The SMILES string of the molecule is COc1cc(F)c(C(=O)N2CCC[C@@](O)(CN3CCCC3)C2)c(F)c1. The molecule has 0 radical (unpaired) electrons. The standard InChI is InChI=1S/C18H24F2N2O3/c1-25-13-9-14(19)16(15(20)10-13)17(23)22-8-4-5-18(24,12-22)11-21-6-2-3-7-21/h9-10,24H,2-8,11-12H2,1H3/t18-/m1/s1. The predicted molar refractivity (Wildman–Crippen MR) is 88.7 cm³/mol. The van der Waals surface area contributed by atoms with Crippen LogP contribution in [0, 0.1) is 11.6 Å². The van der Waals surface area contributed by atoms with Crippen LogP contribution < -0.4 is 4.74 Å². The van der Waals surface area contributed by atoms with Gasteiger partial charge in [0.25, 0.3) is 5.91 Å². The van der Waals surface area contributed by atoms with Gasteiger partial charge in [-0.05, 0) is 38.8 Å². The summed E-state index contributed by atoms with van der Waals surface area (Å²) in [6, 6.07) is 1.99. The summed E-state index contributed by atoms with van der Waals surface area (Å²) in [5.74, 6) is -2.60. The van der Waals surface area contributed by atoms with Gasteiger partial charge in [-0.25, -0.2) is 8.78 Å². The third-order valence-corrected chi connectivity index (χ3v) is 5.02. The van der Waals surface area contributed by atoms with Crippen molar-refractivity contribution in [1.29, 1.82) is 0 Å². The van der Waals surface area contributed by atoms with Crippen LogP contribution in [0.5, 0.6) is 5.75 Å². The van der Waals surface area contributed by atoms with Crippen LogP contribution in [-0.4, -0.2) is 66.2 Å². The summed E-state index contributed by atoms with van der Waals surface area (Å²) in [5, 5.41) is 10.9. The lowest BCUT2D eigenvalue weighted by molar-refractivity contribution is -0.0433. The molecule has 2 heterocycles. The van der Waals surface area contributed by atoms with Crippen LogP contribution in [0.4, 0.5) is 8.78 Å². The second kappa shape index (κ2) is 7.25. The quantitative estimate of drug-likeness (QED) is 0.899. The number of carbonyl (C=O) groups is 1. The van der Waals surface area contributed by atoms with Gasteiger partial charge in [0, 0.05) is 25.2 Å². The van der Waals surface area contributed by atoms with Crippen LogP contribution in [0.3, 0.4) is 0 Å². The lowest BCUT2D eigenvalue weighted by atomic mass is 9.91. The van der Waals surface area contributed by atoms with Gasteiger partial charge in [0.2, 0.25) is 0 Å². The zero-order chi connectivity index (χ0) is 18.0. The van der Waals surface area contributed by atoms with Crippen molar-refractivity contribution in [2.24, 2.45) is 0 Å². The van der Waals surface area contributed by atoms with Crippen molar-refractivity contribution >= 4 is 5.91 Å². The van der Waals surface area contributed by atoms with E-state index >= 15 is 0 Å². The van der Waals surface area contributed by atoms with Gasteiger partial charge in [-0.3, -0.25) is 4.79 Å². The molecule has 0 aromatic heterocycles. The van der Waals surface area contributed by atoms with Crippen LogP contribution in [-0.2, 0) is 0 Å². The number of halogens is 2. The fraction of sp³-hybridized carbons (Fsp3) is 0.611. The summed E-state index contributed by atoms with van der Waals surface area (Å²) in [4.78, 5) is 16.2. The molecule has 0 unspecified atom stereocenters. The van der Waals surface area contributed by atoms with Crippen LogP contribution in [0.2, 0.25) is 0 Å². The Bertz CT molecular complexity index is 626. The normalized spacial score (nSPS) is 24.6. The van der Waals surface area contributed by atoms with E-state index in [9.17, 15) is 18.7 Å². The average Bonchev–Trinajstić information content (AvgIpc) is 3.06. The highest BCUT2D eigenvalue weighted by Gasteiger charge is 2.38. The highest BCUT2D eigenvalue weighted by Crippen LogP contribution is 2.27. The van der Waals surface area contributed by atoms with Crippen molar-refractivity contribution in [2.45, 2.75) is 31.3 Å². The minimum absolute atomic E-state index is 0.0238. The number of nitrogens with zero attached hydrogens (tertiary/aromatic N) is 2. The van der Waals surface area contributed by atoms with E-state index in [1.165, 1.54) is 12.0 Å². The molecule has 0 bridgehead atoms. The number of benzene rings is 1. The van der Waals surface area contributed by atoms with Gasteiger partial charge in [0.05, 0.1) is 19.3 Å². The van der Waals surface area contributed by atoms with E-state index in [0.29, 0.717) is 25.9 Å². The number of β-amino-alcohol motifs (C(OH)–C–C–N with tert-alkyl or cyclic N) is 1. The van der Waals surface area contributed by atoms with E-state index in [2.05, 4.69) is 4.90 Å². The molecule has 1 aromatic carbocycles. The average molecular weight is 354 g/mol. The molecule has 0 saturated carbocycles. The molecule has 7 heteroatoms. The van der Waals surface area contributed by atoms with E-state index < -0.39 is 28.7 Å². The van der Waals surface area contributed by atoms with Crippen LogP contribution >= 0.6 is 0 Å². The number of carbonyl (C=O) groups excluding carboxylic acids is 1. The van der Waals surface area contributed by atoms with Crippen LogP contribution in [0.15, 0.2) is 12.1 Å². The van der Waals surface area contributed by atoms with E-state index in [1.807, 2.05) is 0 Å².